The molecule has 0 aromatic rings. The van der Waals surface area contributed by atoms with Gasteiger partial charge in [-0.3, -0.25) is 0 Å². The van der Waals surface area contributed by atoms with Gasteiger partial charge in [0.2, 0.25) is 6.17 Å². The third kappa shape index (κ3) is 7.50. The van der Waals surface area contributed by atoms with Crippen molar-refractivity contribution >= 4 is 10.1 Å². The molecule has 17 heteroatoms. The minimum absolute atomic E-state index is 1.28. The molecule has 0 N–H and O–H groups in total. The molecule has 0 bridgehead atoms. The van der Waals surface area contributed by atoms with E-state index in [9.17, 15) is 65.7 Å². The molecule has 4 nitrogen and oxygen atoms in total. The molecule has 0 amide bonds. The summed E-state index contributed by atoms with van der Waals surface area (Å²) in [7, 11) is -6.97. The van der Waals surface area contributed by atoms with Crippen molar-refractivity contribution in [3.05, 3.63) is 0 Å². The van der Waals surface area contributed by atoms with Crippen LogP contribution in [0.4, 0.5) is 52.7 Å². The summed E-state index contributed by atoms with van der Waals surface area (Å²) >= 11 is 0. The summed E-state index contributed by atoms with van der Waals surface area (Å²) < 4.78 is 183. The minimum Gasteiger partial charge on any atom is -0.746 e. The first-order valence-electron chi connectivity index (χ1n) is 9.35. The zero-order chi connectivity index (χ0) is 27.2. The fourth-order valence-electron chi connectivity index (χ4n) is 2.56. The van der Waals surface area contributed by atoms with E-state index in [1.54, 1.807) is 0 Å². The van der Waals surface area contributed by atoms with Crippen LogP contribution in [0.2, 0.25) is 0 Å². The first-order valence-corrected chi connectivity index (χ1v) is 10.8. The topological polar surface area (TPSA) is 57.2 Å². The smallest absolute Gasteiger partial charge is 0.379 e. The molecule has 0 rings (SSSR count). The largest absolute Gasteiger partial charge is 0.746 e. The molecule has 0 radical (unpaired) electrons. The molecular weight excluding hydrogens is 514 g/mol. The van der Waals surface area contributed by atoms with Gasteiger partial charge in [-0.1, -0.05) is 0 Å². The van der Waals surface area contributed by atoms with Gasteiger partial charge in [0.05, 0.1) is 26.2 Å². The van der Waals surface area contributed by atoms with Crippen LogP contribution in [0.25, 0.3) is 0 Å². The van der Waals surface area contributed by atoms with Crippen molar-refractivity contribution in [2.45, 2.75) is 75.9 Å². The fraction of sp³-hybridized carbons (Fsp3) is 1.00. The Balaban J connectivity index is 0. The third-order valence-corrected chi connectivity index (χ3v) is 6.03. The first kappa shape index (κ1) is 34.2. The van der Waals surface area contributed by atoms with Crippen molar-refractivity contribution in [2.24, 2.45) is 0 Å². The first-order chi connectivity index (χ1) is 14.6. The highest BCUT2D eigenvalue weighted by Gasteiger charge is 2.79. The molecule has 0 aromatic heterocycles. The summed E-state index contributed by atoms with van der Waals surface area (Å²) in [6.07, 6.45) is -19.1. The van der Waals surface area contributed by atoms with E-state index in [0.29, 0.717) is 0 Å². The maximum atomic E-state index is 13.0. The molecule has 202 valence electrons. The Kier molecular flexibility index (Phi) is 12.6. The Morgan fingerprint density at radius 3 is 1.24 bits per heavy atom. The average molecular weight is 539 g/mol. The van der Waals surface area contributed by atoms with Crippen molar-refractivity contribution in [1.29, 1.82) is 0 Å². The van der Waals surface area contributed by atoms with Gasteiger partial charge in [-0.15, -0.1) is 0 Å². The Hall–Kier alpha value is -0.970. The van der Waals surface area contributed by atoms with E-state index in [1.807, 2.05) is 0 Å². The Morgan fingerprint density at radius 1 is 0.697 bits per heavy atom. The molecule has 0 aliphatic carbocycles. The lowest BCUT2D eigenvalue weighted by Crippen LogP contribution is -2.64. The molecule has 0 saturated heterocycles. The number of halogens is 12. The number of hydrogen-bond donors (Lipinski definition) is 0. The SMILES string of the molecule is CC[N+](CC)(CC)CC.O=S(=O)([O-])C(F)C(F)(F)C(F)(F)C(F)(F)C(F)C(F)C(F)C(F)F. The van der Waals surface area contributed by atoms with Gasteiger partial charge < -0.3 is 9.04 Å². The van der Waals surface area contributed by atoms with E-state index in [4.69, 9.17) is 0 Å². The van der Waals surface area contributed by atoms with Gasteiger partial charge in [0, 0.05) is 0 Å². The van der Waals surface area contributed by atoms with Crippen LogP contribution in [0.5, 0.6) is 0 Å². The lowest BCUT2D eigenvalue weighted by atomic mass is 9.96. The van der Waals surface area contributed by atoms with E-state index < -0.39 is 58.3 Å². The predicted octanol–water partition coefficient (Wildman–Crippen LogP) is 4.90. The second kappa shape index (κ2) is 12.1. The molecule has 0 spiro atoms. The van der Waals surface area contributed by atoms with Crippen LogP contribution >= 0.6 is 0 Å². The lowest BCUT2D eigenvalue weighted by Gasteiger charge is -2.37. The van der Waals surface area contributed by atoms with Gasteiger partial charge in [0.1, 0.15) is 10.1 Å². The maximum Gasteiger partial charge on any atom is 0.379 e. The van der Waals surface area contributed by atoms with Crippen molar-refractivity contribution < 1.29 is 70.1 Å². The number of nitrogens with zero attached hydrogens (tertiary/aromatic N) is 1. The second-order valence-corrected chi connectivity index (χ2v) is 8.26. The average Bonchev–Trinajstić information content (AvgIpc) is 2.72. The van der Waals surface area contributed by atoms with Crippen molar-refractivity contribution in [2.75, 3.05) is 26.2 Å². The molecule has 0 saturated carbocycles. The highest BCUT2D eigenvalue weighted by atomic mass is 32.2. The summed E-state index contributed by atoms with van der Waals surface area (Å²) in [5.74, 6) is -21.6. The van der Waals surface area contributed by atoms with Crippen LogP contribution in [0.1, 0.15) is 27.7 Å². The van der Waals surface area contributed by atoms with Gasteiger partial charge in [-0.25, -0.2) is 34.8 Å². The van der Waals surface area contributed by atoms with Gasteiger partial charge >= 0.3 is 17.8 Å². The fourth-order valence-corrected chi connectivity index (χ4v) is 3.07. The normalized spacial score (nSPS) is 17.8. The van der Waals surface area contributed by atoms with E-state index in [1.165, 1.54) is 30.7 Å². The second-order valence-electron chi connectivity index (χ2n) is 6.86. The quantitative estimate of drug-likeness (QED) is 0.202. The minimum atomic E-state index is -7.40. The van der Waals surface area contributed by atoms with Crippen LogP contribution in [0, 0.1) is 0 Å². The summed E-state index contributed by atoms with van der Waals surface area (Å²) in [4.78, 5) is 0. The van der Waals surface area contributed by atoms with Crippen molar-refractivity contribution in [3.8, 4) is 0 Å². The molecule has 0 aromatic carbocycles. The van der Waals surface area contributed by atoms with Gasteiger partial charge in [-0.05, 0) is 27.7 Å². The summed E-state index contributed by atoms with van der Waals surface area (Å²) in [6.45, 7) is 14.2. The summed E-state index contributed by atoms with van der Waals surface area (Å²) in [6, 6.07) is 0. The molecule has 0 aliphatic rings. The zero-order valence-electron chi connectivity index (χ0n) is 17.8. The Morgan fingerprint density at radius 2 is 1.03 bits per heavy atom. The van der Waals surface area contributed by atoms with Crippen molar-refractivity contribution in [1.82, 2.24) is 0 Å². The third-order valence-electron chi connectivity index (χ3n) is 5.23. The molecule has 33 heavy (non-hydrogen) atoms. The van der Waals surface area contributed by atoms with E-state index >= 15 is 0 Å². The van der Waals surface area contributed by atoms with Crippen LogP contribution in [0.15, 0.2) is 0 Å². The van der Waals surface area contributed by atoms with Crippen LogP contribution in [0.3, 0.4) is 0 Å². The molecule has 4 atom stereocenters. The maximum absolute atomic E-state index is 13.0. The highest BCUT2D eigenvalue weighted by Crippen LogP contribution is 2.52. The van der Waals surface area contributed by atoms with Crippen molar-refractivity contribution in [3.63, 3.8) is 0 Å². The zero-order valence-corrected chi connectivity index (χ0v) is 18.6. The van der Waals surface area contributed by atoms with Gasteiger partial charge in [-0.2, -0.15) is 26.3 Å². The van der Waals surface area contributed by atoms with E-state index in [-0.39, 0.29) is 0 Å². The molecule has 4 unspecified atom stereocenters. The Bertz CT molecular complexity index is 671. The molecule has 0 heterocycles. The molecular formula is C16H25F12NO3S. The Labute approximate surface area is 183 Å². The van der Waals surface area contributed by atoms with Crippen LogP contribution in [-0.4, -0.2) is 91.8 Å². The molecule has 0 fully saturated rings. The van der Waals surface area contributed by atoms with Gasteiger partial charge in [0.15, 0.2) is 12.3 Å². The monoisotopic (exact) mass is 539 g/mol. The van der Waals surface area contributed by atoms with Gasteiger partial charge in [0.25, 0.3) is 11.9 Å². The standard InChI is InChI=1S/C8H6F12O3S.C8H20N/c9-1(2(10)4(12)13)3(11)6(15,16)8(19,20)7(17,18)5(14)24(21,22)23;1-5-9(6-2,7-3)8-4/h1-5H,(H,21,22,23);5-8H2,1-4H3/q;+1/p-1. The highest BCUT2D eigenvalue weighted by molar-refractivity contribution is 7.86. The van der Waals surface area contributed by atoms with E-state index in [0.717, 1.165) is 0 Å². The molecule has 0 aliphatic heterocycles. The van der Waals surface area contributed by atoms with E-state index in [2.05, 4.69) is 27.7 Å². The lowest BCUT2D eigenvalue weighted by molar-refractivity contribution is -0.921. The summed E-state index contributed by atoms with van der Waals surface area (Å²) in [5, 5.41) is 0. The number of rotatable bonds is 12. The number of alkyl halides is 12. The van der Waals surface area contributed by atoms with Crippen LogP contribution < -0.4 is 0 Å². The number of quaternary nitrogens is 1. The predicted molar refractivity (Wildman–Crippen MR) is 92.6 cm³/mol. The van der Waals surface area contributed by atoms with Crippen LogP contribution in [-0.2, 0) is 10.1 Å². The number of hydrogen-bond acceptors (Lipinski definition) is 3. The summed E-state index contributed by atoms with van der Waals surface area (Å²) in [5.41, 5.74) is -5.52.